The molecule has 0 aliphatic heterocycles. The van der Waals surface area contributed by atoms with Crippen molar-refractivity contribution in [2.75, 3.05) is 0 Å². The maximum absolute atomic E-state index is 11.8. The van der Waals surface area contributed by atoms with E-state index in [1.54, 1.807) is 24.0 Å². The Bertz CT molecular complexity index is 621. The second-order valence-electron chi connectivity index (χ2n) is 5.10. The van der Waals surface area contributed by atoms with Crippen molar-refractivity contribution in [1.29, 1.82) is 0 Å². The summed E-state index contributed by atoms with van der Waals surface area (Å²) in [6.07, 6.45) is 9.23. The zero-order chi connectivity index (χ0) is 13.8. The Balaban J connectivity index is 1.77. The topological polar surface area (TPSA) is 58.6 Å². The van der Waals surface area contributed by atoms with Gasteiger partial charge in [0.1, 0.15) is 0 Å². The van der Waals surface area contributed by atoms with Crippen molar-refractivity contribution in [3.8, 4) is 0 Å². The SMILES string of the molecule is O=c1cc(Cc2cccnc2)nc(SC2CCCC2)[nH]1. The standard InChI is InChI=1S/C15H17N3OS/c19-14-9-12(8-11-4-3-7-16-10-11)17-15(18-14)20-13-5-1-2-6-13/h3-4,7,9-10,13H,1-2,5-6,8H2,(H,17,18,19). The van der Waals surface area contributed by atoms with Crippen LogP contribution in [0.5, 0.6) is 0 Å². The van der Waals surface area contributed by atoms with Gasteiger partial charge in [-0.05, 0) is 24.5 Å². The van der Waals surface area contributed by atoms with Crippen LogP contribution in [-0.4, -0.2) is 20.2 Å². The highest BCUT2D eigenvalue weighted by Gasteiger charge is 2.17. The maximum Gasteiger partial charge on any atom is 0.251 e. The van der Waals surface area contributed by atoms with Gasteiger partial charge in [0, 0.05) is 30.1 Å². The quantitative estimate of drug-likeness (QED) is 0.878. The van der Waals surface area contributed by atoms with Crippen LogP contribution in [0, 0.1) is 0 Å². The van der Waals surface area contributed by atoms with E-state index < -0.39 is 0 Å². The summed E-state index contributed by atoms with van der Waals surface area (Å²) in [5, 5.41) is 1.36. The van der Waals surface area contributed by atoms with Crippen molar-refractivity contribution in [3.63, 3.8) is 0 Å². The van der Waals surface area contributed by atoms with Gasteiger partial charge in [-0.25, -0.2) is 4.98 Å². The van der Waals surface area contributed by atoms with Crippen molar-refractivity contribution in [3.05, 3.63) is 52.2 Å². The molecule has 0 atom stereocenters. The Morgan fingerprint density at radius 3 is 2.95 bits per heavy atom. The molecule has 5 heteroatoms. The highest BCUT2D eigenvalue weighted by Crippen LogP contribution is 2.32. The van der Waals surface area contributed by atoms with Crippen LogP contribution in [-0.2, 0) is 6.42 Å². The van der Waals surface area contributed by atoms with Gasteiger partial charge < -0.3 is 4.98 Å². The van der Waals surface area contributed by atoms with Gasteiger partial charge in [0.15, 0.2) is 5.16 Å². The third-order valence-electron chi connectivity index (χ3n) is 3.46. The molecule has 1 fully saturated rings. The van der Waals surface area contributed by atoms with Crippen LogP contribution in [0.25, 0.3) is 0 Å². The molecule has 2 heterocycles. The summed E-state index contributed by atoms with van der Waals surface area (Å²) in [6.45, 7) is 0. The molecule has 1 N–H and O–H groups in total. The molecule has 0 saturated heterocycles. The maximum atomic E-state index is 11.8. The van der Waals surface area contributed by atoms with Crippen LogP contribution >= 0.6 is 11.8 Å². The number of pyridine rings is 1. The minimum atomic E-state index is -0.0700. The van der Waals surface area contributed by atoms with Gasteiger partial charge in [0.05, 0.1) is 5.69 Å². The number of thioether (sulfide) groups is 1. The molecule has 1 aliphatic carbocycles. The number of rotatable bonds is 4. The molecule has 3 rings (SSSR count). The Labute approximate surface area is 122 Å². The summed E-state index contributed by atoms with van der Waals surface area (Å²) in [5.74, 6) is 0. The van der Waals surface area contributed by atoms with E-state index in [2.05, 4.69) is 15.0 Å². The monoisotopic (exact) mass is 287 g/mol. The summed E-state index contributed by atoms with van der Waals surface area (Å²) in [5.41, 5.74) is 1.81. The Kier molecular flexibility index (Phi) is 4.16. The van der Waals surface area contributed by atoms with Crippen molar-refractivity contribution in [2.24, 2.45) is 0 Å². The normalized spacial score (nSPS) is 15.6. The fourth-order valence-electron chi connectivity index (χ4n) is 2.51. The van der Waals surface area contributed by atoms with Crippen molar-refractivity contribution in [1.82, 2.24) is 15.0 Å². The van der Waals surface area contributed by atoms with Crippen LogP contribution in [0.4, 0.5) is 0 Å². The van der Waals surface area contributed by atoms with E-state index in [9.17, 15) is 4.79 Å². The van der Waals surface area contributed by atoms with E-state index in [4.69, 9.17) is 0 Å². The van der Waals surface area contributed by atoms with Crippen molar-refractivity contribution in [2.45, 2.75) is 42.5 Å². The lowest BCUT2D eigenvalue weighted by Gasteiger charge is -2.08. The number of nitrogens with one attached hydrogen (secondary N) is 1. The fraction of sp³-hybridized carbons (Fsp3) is 0.400. The average Bonchev–Trinajstić information content (AvgIpc) is 2.92. The molecule has 0 radical (unpaired) electrons. The predicted octanol–water partition coefficient (Wildman–Crippen LogP) is 2.79. The summed E-state index contributed by atoms with van der Waals surface area (Å²) < 4.78 is 0. The third-order valence-corrected chi connectivity index (χ3v) is 4.68. The minimum Gasteiger partial charge on any atom is -0.301 e. The second kappa shape index (κ2) is 6.22. The summed E-state index contributed by atoms with van der Waals surface area (Å²) in [6, 6.07) is 5.47. The molecule has 20 heavy (non-hydrogen) atoms. The van der Waals surface area contributed by atoms with Crippen molar-refractivity contribution >= 4 is 11.8 Å². The van der Waals surface area contributed by atoms with Gasteiger partial charge in [-0.3, -0.25) is 9.78 Å². The van der Waals surface area contributed by atoms with E-state index in [0.29, 0.717) is 11.7 Å². The zero-order valence-electron chi connectivity index (χ0n) is 11.2. The van der Waals surface area contributed by atoms with Crippen LogP contribution in [0.15, 0.2) is 40.5 Å². The zero-order valence-corrected chi connectivity index (χ0v) is 12.0. The molecule has 2 aromatic rings. The summed E-state index contributed by atoms with van der Waals surface area (Å²) in [7, 11) is 0. The molecule has 0 bridgehead atoms. The number of hydrogen-bond donors (Lipinski definition) is 1. The molecule has 1 saturated carbocycles. The van der Waals surface area contributed by atoms with E-state index >= 15 is 0 Å². The molecule has 0 amide bonds. The first kappa shape index (κ1) is 13.4. The smallest absolute Gasteiger partial charge is 0.251 e. The molecule has 0 spiro atoms. The first-order valence-corrected chi connectivity index (χ1v) is 7.83. The first-order chi connectivity index (χ1) is 9.79. The molecule has 104 valence electrons. The molecular weight excluding hydrogens is 270 g/mol. The van der Waals surface area contributed by atoms with E-state index in [1.807, 2.05) is 18.3 Å². The average molecular weight is 287 g/mol. The number of nitrogens with zero attached hydrogens (tertiary/aromatic N) is 2. The van der Waals surface area contributed by atoms with Gasteiger partial charge in [-0.2, -0.15) is 0 Å². The number of H-pyrrole nitrogens is 1. The highest BCUT2D eigenvalue weighted by molar-refractivity contribution is 7.99. The largest absolute Gasteiger partial charge is 0.301 e. The van der Waals surface area contributed by atoms with Crippen LogP contribution < -0.4 is 5.56 Å². The van der Waals surface area contributed by atoms with Gasteiger partial charge in [0.25, 0.3) is 5.56 Å². The molecular formula is C15H17N3OS. The van der Waals surface area contributed by atoms with Gasteiger partial charge in [-0.15, -0.1) is 0 Å². The van der Waals surface area contributed by atoms with Crippen molar-refractivity contribution < 1.29 is 0 Å². The Morgan fingerprint density at radius 1 is 1.35 bits per heavy atom. The summed E-state index contributed by atoms with van der Waals surface area (Å²) >= 11 is 1.71. The number of hydrogen-bond acceptors (Lipinski definition) is 4. The van der Waals surface area contributed by atoms with Gasteiger partial charge in [0.2, 0.25) is 0 Å². The molecule has 0 aromatic carbocycles. The van der Waals surface area contributed by atoms with E-state index in [1.165, 1.54) is 25.7 Å². The second-order valence-corrected chi connectivity index (χ2v) is 6.39. The van der Waals surface area contributed by atoms with Gasteiger partial charge in [-0.1, -0.05) is 30.7 Å². The lowest BCUT2D eigenvalue weighted by atomic mass is 10.1. The summed E-state index contributed by atoms with van der Waals surface area (Å²) in [4.78, 5) is 23.3. The lowest BCUT2D eigenvalue weighted by molar-refractivity contribution is 0.852. The third kappa shape index (κ3) is 3.48. The van der Waals surface area contributed by atoms with E-state index in [-0.39, 0.29) is 5.56 Å². The molecule has 2 aromatic heterocycles. The molecule has 4 nitrogen and oxygen atoms in total. The van der Waals surface area contributed by atoms with E-state index in [0.717, 1.165) is 16.4 Å². The number of aromatic nitrogens is 3. The minimum absolute atomic E-state index is 0.0700. The fourth-order valence-corrected chi connectivity index (χ4v) is 3.72. The van der Waals surface area contributed by atoms with Gasteiger partial charge >= 0.3 is 0 Å². The Morgan fingerprint density at radius 2 is 2.20 bits per heavy atom. The highest BCUT2D eigenvalue weighted by atomic mass is 32.2. The number of aromatic amines is 1. The predicted molar refractivity (Wildman–Crippen MR) is 80.0 cm³/mol. The molecule has 1 aliphatic rings. The Hall–Kier alpha value is -1.62. The lowest BCUT2D eigenvalue weighted by Crippen LogP contribution is -2.11. The van der Waals surface area contributed by atoms with Crippen LogP contribution in [0.1, 0.15) is 36.9 Å². The van der Waals surface area contributed by atoms with Crippen LogP contribution in [0.3, 0.4) is 0 Å². The molecule has 0 unspecified atom stereocenters. The first-order valence-electron chi connectivity index (χ1n) is 6.95. The van der Waals surface area contributed by atoms with Crippen LogP contribution in [0.2, 0.25) is 0 Å².